The van der Waals surface area contributed by atoms with Gasteiger partial charge < -0.3 is 30.4 Å². The summed E-state index contributed by atoms with van der Waals surface area (Å²) in [5.74, 6) is -1.85. The number of aromatic nitrogens is 1. The Kier molecular flexibility index (Phi) is 13.3. The molecule has 11 heteroatoms. The average Bonchev–Trinajstić information content (AvgIpc) is 2.92. The van der Waals surface area contributed by atoms with Crippen LogP contribution in [0.3, 0.4) is 0 Å². The summed E-state index contributed by atoms with van der Waals surface area (Å²) in [5.41, 5.74) is 1.57. The van der Waals surface area contributed by atoms with Crippen molar-refractivity contribution in [3.63, 3.8) is 0 Å². The summed E-state index contributed by atoms with van der Waals surface area (Å²) in [6.07, 6.45) is -0.686. The lowest BCUT2D eigenvalue weighted by atomic mass is 9.68. The molecule has 1 heterocycles. The molecule has 0 saturated heterocycles. The Bertz CT molecular complexity index is 1100. The van der Waals surface area contributed by atoms with Crippen LogP contribution in [0.15, 0.2) is 48.5 Å². The first-order valence-electron chi connectivity index (χ1n) is 13.7. The van der Waals surface area contributed by atoms with Crippen molar-refractivity contribution in [1.29, 1.82) is 0 Å². The summed E-state index contributed by atoms with van der Waals surface area (Å²) in [6, 6.07) is 12.5. The van der Waals surface area contributed by atoms with Gasteiger partial charge in [-0.1, -0.05) is 64.1 Å². The minimum atomic E-state index is -1.26. The van der Waals surface area contributed by atoms with Gasteiger partial charge in [0.1, 0.15) is 11.7 Å². The second kappa shape index (κ2) is 16.1. The molecule has 2 amide bonds. The van der Waals surface area contributed by atoms with Gasteiger partial charge in [-0.25, -0.2) is 4.98 Å². The number of nitrogens with zero attached hydrogens (tertiary/aromatic N) is 1. The van der Waals surface area contributed by atoms with Crippen molar-refractivity contribution in [2.45, 2.75) is 72.1 Å². The first kappa shape index (κ1) is 32.9. The fraction of sp³-hybridized carbons (Fsp3) is 0.517. The van der Waals surface area contributed by atoms with Crippen LogP contribution in [0.5, 0.6) is 0 Å². The van der Waals surface area contributed by atoms with Crippen molar-refractivity contribution >= 4 is 24.8 Å². The molecule has 2 aromatic rings. The molecule has 1 aromatic heterocycles. The quantitative estimate of drug-likeness (QED) is 0.195. The molecular formula is C29H43BN4O6. The third kappa shape index (κ3) is 10.4. The van der Waals surface area contributed by atoms with Crippen LogP contribution in [0.1, 0.15) is 58.5 Å². The van der Waals surface area contributed by atoms with Gasteiger partial charge in [-0.15, -0.1) is 0 Å². The van der Waals surface area contributed by atoms with Crippen molar-refractivity contribution in [2.24, 2.45) is 11.8 Å². The molecule has 1 aromatic carbocycles. The van der Waals surface area contributed by atoms with Gasteiger partial charge in [0.2, 0.25) is 5.91 Å². The van der Waals surface area contributed by atoms with Gasteiger partial charge in [0.05, 0.1) is 30.9 Å². The van der Waals surface area contributed by atoms with E-state index >= 15 is 0 Å². The number of nitrogens with one attached hydrogen (secondary N) is 3. The number of hydrogen-bond acceptors (Lipinski definition) is 8. The number of methoxy groups -OCH3 is 1. The number of pyridine rings is 1. The molecule has 4 atom stereocenters. The van der Waals surface area contributed by atoms with Gasteiger partial charge in [0, 0.05) is 12.2 Å². The van der Waals surface area contributed by atoms with Gasteiger partial charge in [0.15, 0.2) is 0 Å². The predicted molar refractivity (Wildman–Crippen MR) is 155 cm³/mol. The van der Waals surface area contributed by atoms with E-state index in [0.717, 1.165) is 5.56 Å². The maximum absolute atomic E-state index is 13.5. The number of rotatable bonds is 15. The molecule has 0 spiro atoms. The van der Waals surface area contributed by atoms with E-state index in [1.807, 2.05) is 58.0 Å². The zero-order valence-corrected chi connectivity index (χ0v) is 24.5. The highest BCUT2D eigenvalue weighted by molar-refractivity contribution is 6.51. The lowest BCUT2D eigenvalue weighted by Crippen LogP contribution is -2.63. The zero-order valence-electron chi connectivity index (χ0n) is 24.5. The van der Waals surface area contributed by atoms with E-state index in [4.69, 9.17) is 9.39 Å². The van der Waals surface area contributed by atoms with E-state index in [1.54, 1.807) is 25.1 Å². The van der Waals surface area contributed by atoms with Crippen LogP contribution < -0.4 is 15.9 Å². The molecule has 0 saturated carbocycles. The first-order chi connectivity index (χ1) is 18.9. The number of carbonyl (C=O) groups excluding carboxylic acids is 3. The Hall–Kier alpha value is -3.28. The highest BCUT2D eigenvalue weighted by Crippen LogP contribution is 2.17. The van der Waals surface area contributed by atoms with Crippen molar-refractivity contribution in [3.8, 4) is 11.3 Å². The van der Waals surface area contributed by atoms with E-state index in [1.165, 1.54) is 14.0 Å². The minimum absolute atomic E-state index is 0.116. The summed E-state index contributed by atoms with van der Waals surface area (Å²) >= 11 is 0. The van der Waals surface area contributed by atoms with Gasteiger partial charge in [-0.05, 0) is 44.2 Å². The number of amides is 2. The summed E-state index contributed by atoms with van der Waals surface area (Å²) < 4.78 is 10.9. The third-order valence-electron chi connectivity index (χ3n) is 6.10. The first-order valence-corrected chi connectivity index (χ1v) is 13.7. The standard InChI is InChI=1S/C29H43BN4O6/c1-18(2)16-25(30(40-17-19(3)4)34-20(5)29(38)39-7)32-28(37)26(21(6)35)33-27(36)24-15-11-14-23(31-24)22-12-9-8-10-13-22/h8-15,18-21,25-26,34-35H,16-17H2,1-7H3,(H,32,37)(H,33,36)/t20-,21-,25+,26+/m1/s1. The molecule has 0 fully saturated rings. The molecule has 0 aliphatic carbocycles. The summed E-state index contributed by atoms with van der Waals surface area (Å²) in [6.45, 7) is 11.5. The Morgan fingerprint density at radius 3 is 2.17 bits per heavy atom. The van der Waals surface area contributed by atoms with Crippen LogP contribution in [0.25, 0.3) is 11.3 Å². The van der Waals surface area contributed by atoms with Crippen LogP contribution >= 0.6 is 0 Å². The lowest BCUT2D eigenvalue weighted by Gasteiger charge is -2.31. The van der Waals surface area contributed by atoms with Gasteiger partial charge in [-0.3, -0.25) is 14.4 Å². The lowest BCUT2D eigenvalue weighted by molar-refractivity contribution is -0.142. The van der Waals surface area contributed by atoms with E-state index in [9.17, 15) is 19.5 Å². The zero-order chi connectivity index (χ0) is 29.8. The molecule has 0 aliphatic heterocycles. The van der Waals surface area contributed by atoms with Crippen molar-refractivity contribution in [1.82, 2.24) is 20.8 Å². The second-order valence-electron chi connectivity index (χ2n) is 10.8. The molecule has 0 radical (unpaired) electrons. The largest absolute Gasteiger partial charge is 0.468 e. The maximum Gasteiger partial charge on any atom is 0.404 e. The van der Waals surface area contributed by atoms with Gasteiger partial charge >= 0.3 is 13.0 Å². The fourth-order valence-electron chi connectivity index (χ4n) is 4.06. The molecule has 0 bridgehead atoms. The summed E-state index contributed by atoms with van der Waals surface area (Å²) in [7, 11) is 0.579. The normalized spacial score (nSPS) is 14.2. The van der Waals surface area contributed by atoms with E-state index < -0.39 is 49.0 Å². The number of carbonyl (C=O) groups is 3. The SMILES string of the molecule is COC(=O)[C@@H](C)NB(OCC(C)C)[C@H](CC(C)C)NC(=O)[C@@H](NC(=O)c1cccc(-c2ccccc2)n1)[C@@H](C)O. The number of hydrogen-bond donors (Lipinski definition) is 4. The Labute approximate surface area is 237 Å². The number of ether oxygens (including phenoxy) is 1. The van der Waals surface area contributed by atoms with E-state index in [0.29, 0.717) is 18.7 Å². The topological polar surface area (TPSA) is 139 Å². The second-order valence-corrected chi connectivity index (χ2v) is 10.8. The molecule has 10 nitrogen and oxygen atoms in total. The Morgan fingerprint density at radius 2 is 1.60 bits per heavy atom. The van der Waals surface area contributed by atoms with Crippen LogP contribution in [-0.2, 0) is 19.0 Å². The molecule has 0 aliphatic rings. The van der Waals surface area contributed by atoms with E-state index in [2.05, 4.69) is 20.8 Å². The van der Waals surface area contributed by atoms with Crippen LogP contribution in [0.4, 0.5) is 0 Å². The highest BCUT2D eigenvalue weighted by Gasteiger charge is 2.36. The molecule has 4 N–H and O–H groups in total. The summed E-state index contributed by atoms with van der Waals surface area (Å²) in [5, 5.41) is 19.2. The monoisotopic (exact) mass is 554 g/mol. The predicted octanol–water partition coefficient (Wildman–Crippen LogP) is 2.61. The number of aliphatic hydroxyl groups is 1. The minimum Gasteiger partial charge on any atom is -0.468 e. The molecule has 218 valence electrons. The summed E-state index contributed by atoms with van der Waals surface area (Å²) in [4.78, 5) is 43.1. The van der Waals surface area contributed by atoms with Crippen molar-refractivity contribution in [2.75, 3.05) is 13.7 Å². The Morgan fingerprint density at radius 1 is 0.925 bits per heavy atom. The Balaban J connectivity index is 2.25. The van der Waals surface area contributed by atoms with Crippen LogP contribution in [0, 0.1) is 11.8 Å². The van der Waals surface area contributed by atoms with Crippen LogP contribution in [0.2, 0.25) is 0 Å². The maximum atomic E-state index is 13.5. The van der Waals surface area contributed by atoms with Gasteiger partial charge in [0.25, 0.3) is 5.91 Å². The third-order valence-corrected chi connectivity index (χ3v) is 6.10. The molecule has 0 unspecified atom stereocenters. The fourth-order valence-corrected chi connectivity index (χ4v) is 4.06. The number of esters is 1. The van der Waals surface area contributed by atoms with Crippen molar-refractivity contribution in [3.05, 3.63) is 54.2 Å². The molecule has 2 rings (SSSR count). The molecular weight excluding hydrogens is 511 g/mol. The van der Waals surface area contributed by atoms with Gasteiger partial charge in [-0.2, -0.15) is 0 Å². The smallest absolute Gasteiger partial charge is 0.404 e. The highest BCUT2D eigenvalue weighted by atomic mass is 16.5. The number of benzene rings is 1. The average molecular weight is 554 g/mol. The van der Waals surface area contributed by atoms with E-state index in [-0.39, 0.29) is 17.5 Å². The molecule has 40 heavy (non-hydrogen) atoms. The van der Waals surface area contributed by atoms with Crippen LogP contribution in [-0.4, -0.2) is 72.8 Å². The number of aliphatic hydroxyl groups excluding tert-OH is 1. The van der Waals surface area contributed by atoms with Crippen molar-refractivity contribution < 1.29 is 28.9 Å².